The monoisotopic (exact) mass is 275 g/mol. The van der Waals surface area contributed by atoms with Gasteiger partial charge in [-0.25, -0.2) is 4.39 Å². The Morgan fingerprint density at radius 3 is 2.85 bits per heavy atom. The fourth-order valence-electron chi connectivity index (χ4n) is 2.78. The maximum absolute atomic E-state index is 13.2. The second-order valence-corrected chi connectivity index (χ2v) is 5.79. The topological polar surface area (TPSA) is 20.3 Å². The van der Waals surface area contributed by atoms with Gasteiger partial charge >= 0.3 is 0 Å². The van der Waals surface area contributed by atoms with E-state index < -0.39 is 0 Å². The molecule has 108 valence electrons. The lowest BCUT2D eigenvalue weighted by molar-refractivity contribution is -0.119. The van der Waals surface area contributed by atoms with Crippen molar-refractivity contribution >= 4 is 11.9 Å². The van der Waals surface area contributed by atoms with Crippen molar-refractivity contribution in [1.82, 2.24) is 4.90 Å². The SMILES string of the molecule is CN(C)CC1CCCC/C(=C\c2cccc(F)c2)C1=O. The largest absolute Gasteiger partial charge is 0.309 e. The summed E-state index contributed by atoms with van der Waals surface area (Å²) >= 11 is 0. The van der Waals surface area contributed by atoms with Gasteiger partial charge in [0.15, 0.2) is 5.78 Å². The molecular formula is C17H22FNO. The number of nitrogens with zero attached hydrogens (tertiary/aromatic N) is 1. The summed E-state index contributed by atoms with van der Waals surface area (Å²) in [5, 5.41) is 0. The highest BCUT2D eigenvalue weighted by molar-refractivity contribution is 6.01. The second-order valence-electron chi connectivity index (χ2n) is 5.79. The zero-order chi connectivity index (χ0) is 14.5. The third-order valence-corrected chi connectivity index (χ3v) is 3.71. The Hall–Kier alpha value is -1.48. The van der Waals surface area contributed by atoms with Gasteiger partial charge in [0.05, 0.1) is 0 Å². The average Bonchev–Trinajstić information content (AvgIpc) is 2.54. The standard InChI is InChI=1S/C17H22FNO/c1-19(2)12-15-8-4-3-7-14(17(15)20)10-13-6-5-9-16(18)11-13/h5-6,9-11,15H,3-4,7-8,12H2,1-2H3/b14-10+. The van der Waals surface area contributed by atoms with Gasteiger partial charge in [0, 0.05) is 12.5 Å². The number of hydrogen-bond acceptors (Lipinski definition) is 2. The van der Waals surface area contributed by atoms with E-state index in [9.17, 15) is 9.18 Å². The van der Waals surface area contributed by atoms with Crippen LogP contribution in [-0.2, 0) is 4.79 Å². The van der Waals surface area contributed by atoms with Crippen LogP contribution < -0.4 is 0 Å². The molecule has 1 aliphatic carbocycles. The van der Waals surface area contributed by atoms with E-state index in [0.717, 1.165) is 43.4 Å². The Bertz CT molecular complexity index is 507. The molecule has 2 nitrogen and oxygen atoms in total. The molecule has 0 N–H and O–H groups in total. The molecule has 20 heavy (non-hydrogen) atoms. The number of rotatable bonds is 3. The molecule has 0 bridgehead atoms. The molecule has 0 radical (unpaired) electrons. The van der Waals surface area contributed by atoms with Gasteiger partial charge in [-0.15, -0.1) is 0 Å². The number of Topliss-reactive ketones (excluding diaryl/α,β-unsaturated/α-hetero) is 1. The van der Waals surface area contributed by atoms with Gasteiger partial charge in [-0.05, 0) is 62.7 Å². The predicted molar refractivity (Wildman–Crippen MR) is 79.9 cm³/mol. The van der Waals surface area contributed by atoms with Crippen LogP contribution in [0, 0.1) is 11.7 Å². The summed E-state index contributed by atoms with van der Waals surface area (Å²) in [6.45, 7) is 0.791. The Balaban J connectivity index is 2.22. The van der Waals surface area contributed by atoms with Crippen molar-refractivity contribution in [1.29, 1.82) is 0 Å². The third kappa shape index (κ3) is 4.01. The van der Waals surface area contributed by atoms with Crippen molar-refractivity contribution < 1.29 is 9.18 Å². The van der Waals surface area contributed by atoms with E-state index in [4.69, 9.17) is 0 Å². The summed E-state index contributed by atoms with van der Waals surface area (Å²) in [4.78, 5) is 14.6. The van der Waals surface area contributed by atoms with Gasteiger partial charge < -0.3 is 4.90 Å². The lowest BCUT2D eigenvalue weighted by Crippen LogP contribution is -2.27. The lowest BCUT2D eigenvalue weighted by Gasteiger charge is -2.18. The molecule has 1 aromatic rings. The molecule has 1 aliphatic rings. The minimum Gasteiger partial charge on any atom is -0.309 e. The minimum absolute atomic E-state index is 0.0762. The van der Waals surface area contributed by atoms with E-state index >= 15 is 0 Å². The van der Waals surface area contributed by atoms with Gasteiger partial charge in [0.2, 0.25) is 0 Å². The zero-order valence-corrected chi connectivity index (χ0v) is 12.2. The van der Waals surface area contributed by atoms with Crippen molar-refractivity contribution in [2.75, 3.05) is 20.6 Å². The van der Waals surface area contributed by atoms with Crippen LogP contribution >= 0.6 is 0 Å². The number of benzene rings is 1. The molecule has 0 saturated heterocycles. The fourth-order valence-corrected chi connectivity index (χ4v) is 2.78. The summed E-state index contributed by atoms with van der Waals surface area (Å²) in [5.74, 6) is 0.0537. The molecule has 0 spiro atoms. The van der Waals surface area contributed by atoms with Crippen LogP contribution in [0.3, 0.4) is 0 Å². The van der Waals surface area contributed by atoms with Gasteiger partial charge in [-0.3, -0.25) is 4.79 Å². The molecular weight excluding hydrogens is 253 g/mol. The maximum atomic E-state index is 13.2. The summed E-state index contributed by atoms with van der Waals surface area (Å²) in [5.41, 5.74) is 1.62. The van der Waals surface area contributed by atoms with Gasteiger partial charge in [-0.2, -0.15) is 0 Å². The van der Waals surface area contributed by atoms with E-state index in [0.29, 0.717) is 0 Å². The molecule has 0 heterocycles. The highest BCUT2D eigenvalue weighted by Gasteiger charge is 2.25. The van der Waals surface area contributed by atoms with E-state index in [-0.39, 0.29) is 17.5 Å². The van der Waals surface area contributed by atoms with Gasteiger partial charge in [0.1, 0.15) is 5.82 Å². The molecule has 1 saturated carbocycles. The van der Waals surface area contributed by atoms with Crippen LogP contribution in [0.4, 0.5) is 4.39 Å². The molecule has 1 unspecified atom stereocenters. The van der Waals surface area contributed by atoms with Gasteiger partial charge in [-0.1, -0.05) is 18.6 Å². The Labute approximate surface area is 120 Å². The minimum atomic E-state index is -0.259. The summed E-state index contributed by atoms with van der Waals surface area (Å²) < 4.78 is 13.2. The first-order chi connectivity index (χ1) is 9.56. The molecule has 1 fully saturated rings. The first kappa shape index (κ1) is 14.9. The first-order valence-corrected chi connectivity index (χ1v) is 7.21. The molecule has 0 amide bonds. The normalized spacial score (nSPS) is 22.3. The highest BCUT2D eigenvalue weighted by atomic mass is 19.1. The number of allylic oxidation sites excluding steroid dienone is 1. The highest BCUT2D eigenvalue weighted by Crippen LogP contribution is 2.26. The predicted octanol–water partition coefficient (Wildman–Crippen LogP) is 3.53. The van der Waals surface area contributed by atoms with Crippen LogP contribution in [0.5, 0.6) is 0 Å². The van der Waals surface area contributed by atoms with E-state index in [2.05, 4.69) is 4.90 Å². The smallest absolute Gasteiger partial charge is 0.163 e. The molecule has 2 rings (SSSR count). The second kappa shape index (κ2) is 6.80. The number of carbonyl (C=O) groups excluding carboxylic acids is 1. The van der Waals surface area contributed by atoms with E-state index in [1.54, 1.807) is 6.07 Å². The number of halogens is 1. The number of ketones is 1. The van der Waals surface area contributed by atoms with Crippen molar-refractivity contribution in [2.24, 2.45) is 5.92 Å². The van der Waals surface area contributed by atoms with Crippen LogP contribution in [0.15, 0.2) is 29.8 Å². The van der Waals surface area contributed by atoms with Crippen molar-refractivity contribution in [3.8, 4) is 0 Å². The number of carbonyl (C=O) groups is 1. The summed E-state index contributed by atoms with van der Waals surface area (Å²) in [7, 11) is 3.99. The van der Waals surface area contributed by atoms with Gasteiger partial charge in [0.25, 0.3) is 0 Å². The Morgan fingerprint density at radius 2 is 2.15 bits per heavy atom. The molecule has 1 atom stereocenters. The van der Waals surface area contributed by atoms with E-state index in [1.807, 2.05) is 26.2 Å². The summed E-state index contributed by atoms with van der Waals surface area (Å²) in [6, 6.07) is 6.42. The van der Waals surface area contributed by atoms with Crippen LogP contribution in [0.25, 0.3) is 6.08 Å². The van der Waals surface area contributed by atoms with Crippen molar-refractivity contribution in [2.45, 2.75) is 25.7 Å². The fraction of sp³-hybridized carbons (Fsp3) is 0.471. The Kier molecular flexibility index (Phi) is 5.07. The van der Waals surface area contributed by atoms with Crippen LogP contribution in [0.1, 0.15) is 31.2 Å². The first-order valence-electron chi connectivity index (χ1n) is 7.21. The molecule has 1 aromatic carbocycles. The zero-order valence-electron chi connectivity index (χ0n) is 12.2. The van der Waals surface area contributed by atoms with Crippen LogP contribution in [0.2, 0.25) is 0 Å². The van der Waals surface area contributed by atoms with Crippen molar-refractivity contribution in [3.05, 3.63) is 41.2 Å². The summed E-state index contributed by atoms with van der Waals surface area (Å²) in [6.07, 6.45) is 5.75. The maximum Gasteiger partial charge on any atom is 0.163 e. The van der Waals surface area contributed by atoms with E-state index in [1.165, 1.54) is 12.1 Å². The Morgan fingerprint density at radius 1 is 1.35 bits per heavy atom. The van der Waals surface area contributed by atoms with Crippen molar-refractivity contribution in [3.63, 3.8) is 0 Å². The quantitative estimate of drug-likeness (QED) is 0.621. The van der Waals surface area contributed by atoms with Crippen LogP contribution in [-0.4, -0.2) is 31.3 Å². The molecule has 0 aromatic heterocycles. The molecule has 0 aliphatic heterocycles. The number of hydrogen-bond donors (Lipinski definition) is 0. The third-order valence-electron chi connectivity index (χ3n) is 3.71. The lowest BCUT2D eigenvalue weighted by atomic mass is 9.94. The average molecular weight is 275 g/mol. The molecule has 3 heteroatoms.